The molecular weight excluding hydrogens is 162 g/mol. The molecule has 2 heteroatoms. The van der Waals surface area contributed by atoms with Gasteiger partial charge in [-0.25, -0.2) is 0 Å². The minimum absolute atomic E-state index is 0.248. The quantitative estimate of drug-likeness (QED) is 0.483. The third-order valence-electron chi connectivity index (χ3n) is 1.80. The molecule has 0 saturated carbocycles. The maximum Gasteiger partial charge on any atom is 0.0480 e. The highest BCUT2D eigenvalue weighted by molar-refractivity contribution is 4.95. The monoisotopic (exact) mass is 183 g/mol. The van der Waals surface area contributed by atoms with Crippen molar-refractivity contribution in [3.8, 4) is 11.8 Å². The van der Waals surface area contributed by atoms with Gasteiger partial charge in [0.05, 0.1) is 0 Å². The summed E-state index contributed by atoms with van der Waals surface area (Å²) in [7, 11) is 0. The summed E-state index contributed by atoms with van der Waals surface area (Å²) in [5.41, 5.74) is 5.85. The van der Waals surface area contributed by atoms with Crippen LogP contribution in [0.15, 0.2) is 0 Å². The minimum Gasteiger partial charge on any atom is -0.381 e. The molecule has 0 aliphatic rings. The first-order chi connectivity index (χ1) is 6.31. The topological polar surface area (TPSA) is 35.2 Å². The Bertz CT molecular complexity index is 157. The van der Waals surface area contributed by atoms with E-state index in [0.29, 0.717) is 0 Å². The molecule has 1 atom stereocenters. The van der Waals surface area contributed by atoms with Crippen LogP contribution in [0.1, 0.15) is 39.5 Å². The van der Waals surface area contributed by atoms with Crippen LogP contribution in [0.4, 0.5) is 0 Å². The van der Waals surface area contributed by atoms with Gasteiger partial charge in [-0.1, -0.05) is 6.92 Å². The van der Waals surface area contributed by atoms with Crippen molar-refractivity contribution in [3.05, 3.63) is 0 Å². The van der Waals surface area contributed by atoms with Crippen LogP contribution < -0.4 is 5.73 Å². The van der Waals surface area contributed by atoms with E-state index in [1.54, 1.807) is 0 Å². The van der Waals surface area contributed by atoms with Gasteiger partial charge in [0.2, 0.25) is 0 Å². The van der Waals surface area contributed by atoms with E-state index in [1.165, 1.54) is 0 Å². The van der Waals surface area contributed by atoms with Crippen LogP contribution in [0.5, 0.6) is 0 Å². The van der Waals surface area contributed by atoms with Gasteiger partial charge in [-0.3, -0.25) is 0 Å². The smallest absolute Gasteiger partial charge is 0.0480 e. The number of rotatable bonds is 7. The first-order valence-corrected chi connectivity index (χ1v) is 5.04. The van der Waals surface area contributed by atoms with E-state index in [4.69, 9.17) is 10.5 Å². The molecule has 0 aliphatic carbocycles. The lowest BCUT2D eigenvalue weighted by molar-refractivity contribution is 0.127. The molecule has 1 unspecified atom stereocenters. The van der Waals surface area contributed by atoms with Gasteiger partial charge in [-0.15, -0.1) is 11.8 Å². The summed E-state index contributed by atoms with van der Waals surface area (Å²) in [4.78, 5) is 0. The van der Waals surface area contributed by atoms with Crippen LogP contribution in [0.3, 0.4) is 0 Å². The highest BCUT2D eigenvalue weighted by atomic mass is 16.5. The predicted molar refractivity (Wildman–Crippen MR) is 56.4 cm³/mol. The minimum atomic E-state index is 0.248. The number of hydrogen-bond donors (Lipinski definition) is 1. The highest BCUT2D eigenvalue weighted by Crippen LogP contribution is 1.98. The van der Waals surface area contributed by atoms with E-state index in [-0.39, 0.29) is 6.04 Å². The summed E-state index contributed by atoms with van der Waals surface area (Å²) < 4.78 is 5.34. The summed E-state index contributed by atoms with van der Waals surface area (Å²) in [6.45, 7) is 5.60. The average molecular weight is 183 g/mol. The molecule has 76 valence electrons. The van der Waals surface area contributed by atoms with Crippen molar-refractivity contribution in [1.29, 1.82) is 0 Å². The lowest BCUT2D eigenvalue weighted by Gasteiger charge is -2.09. The van der Waals surface area contributed by atoms with Gasteiger partial charge in [0.1, 0.15) is 0 Å². The Morgan fingerprint density at radius 2 is 2.08 bits per heavy atom. The molecule has 2 N–H and O–H groups in total. The van der Waals surface area contributed by atoms with Crippen molar-refractivity contribution in [3.63, 3.8) is 0 Å². The Morgan fingerprint density at radius 3 is 2.69 bits per heavy atom. The van der Waals surface area contributed by atoms with E-state index in [1.807, 2.05) is 6.92 Å². The third-order valence-corrected chi connectivity index (χ3v) is 1.80. The van der Waals surface area contributed by atoms with Crippen LogP contribution >= 0.6 is 0 Å². The fourth-order valence-electron chi connectivity index (χ4n) is 1.01. The first kappa shape index (κ1) is 12.5. The highest BCUT2D eigenvalue weighted by Gasteiger charge is 2.00. The van der Waals surface area contributed by atoms with Gasteiger partial charge in [0.15, 0.2) is 0 Å². The Labute approximate surface area is 81.8 Å². The maximum absolute atomic E-state index is 5.85. The number of nitrogens with two attached hydrogens (primary N) is 1. The fraction of sp³-hybridized carbons (Fsp3) is 0.818. The first-order valence-electron chi connectivity index (χ1n) is 5.04. The molecule has 0 radical (unpaired) electrons. The lowest BCUT2D eigenvalue weighted by Crippen LogP contribution is -2.21. The third kappa shape index (κ3) is 9.39. The molecule has 0 rings (SSSR count). The van der Waals surface area contributed by atoms with E-state index in [0.717, 1.165) is 38.9 Å². The second kappa shape index (κ2) is 9.57. The Balaban J connectivity index is 3.18. The average Bonchev–Trinajstić information content (AvgIpc) is 2.13. The van der Waals surface area contributed by atoms with Gasteiger partial charge in [-0.2, -0.15) is 0 Å². The molecule has 0 aromatic rings. The summed E-state index contributed by atoms with van der Waals surface area (Å²) in [5, 5.41) is 0. The molecule has 0 amide bonds. The van der Waals surface area contributed by atoms with Crippen LogP contribution in [0.2, 0.25) is 0 Å². The Morgan fingerprint density at radius 1 is 1.31 bits per heavy atom. The second-order valence-corrected chi connectivity index (χ2v) is 3.13. The summed E-state index contributed by atoms with van der Waals surface area (Å²) in [6.07, 6.45) is 3.92. The second-order valence-electron chi connectivity index (χ2n) is 3.13. The van der Waals surface area contributed by atoms with Crippen LogP contribution in [0.25, 0.3) is 0 Å². The van der Waals surface area contributed by atoms with Crippen molar-refractivity contribution in [2.24, 2.45) is 5.73 Å². The molecule has 13 heavy (non-hydrogen) atoms. The zero-order chi connectivity index (χ0) is 9.94. The van der Waals surface area contributed by atoms with Crippen molar-refractivity contribution in [2.45, 2.75) is 45.6 Å². The van der Waals surface area contributed by atoms with Gasteiger partial charge >= 0.3 is 0 Å². The molecule has 0 aromatic heterocycles. The SMILES string of the molecule is CC#CCCC(N)CCOCCC. The number of ether oxygens (including phenoxy) is 1. The zero-order valence-electron chi connectivity index (χ0n) is 8.81. The van der Waals surface area contributed by atoms with Gasteiger partial charge < -0.3 is 10.5 Å². The van der Waals surface area contributed by atoms with Gasteiger partial charge in [-0.05, 0) is 26.2 Å². The Hall–Kier alpha value is -0.520. The molecule has 0 heterocycles. The van der Waals surface area contributed by atoms with E-state index < -0.39 is 0 Å². The fourth-order valence-corrected chi connectivity index (χ4v) is 1.01. The van der Waals surface area contributed by atoms with E-state index in [9.17, 15) is 0 Å². The largest absolute Gasteiger partial charge is 0.381 e. The van der Waals surface area contributed by atoms with Crippen molar-refractivity contribution >= 4 is 0 Å². The van der Waals surface area contributed by atoms with Crippen molar-refractivity contribution < 1.29 is 4.74 Å². The summed E-state index contributed by atoms with van der Waals surface area (Å²) >= 11 is 0. The number of hydrogen-bond acceptors (Lipinski definition) is 2. The lowest BCUT2D eigenvalue weighted by atomic mass is 10.1. The van der Waals surface area contributed by atoms with Crippen molar-refractivity contribution in [1.82, 2.24) is 0 Å². The summed E-state index contributed by atoms with van der Waals surface area (Å²) in [6, 6.07) is 0.248. The van der Waals surface area contributed by atoms with Crippen LogP contribution in [0, 0.1) is 11.8 Å². The van der Waals surface area contributed by atoms with E-state index >= 15 is 0 Å². The standard InChI is InChI=1S/C11H21NO/c1-3-5-6-7-11(12)8-10-13-9-4-2/h11H,4,6-10,12H2,1-2H3. The van der Waals surface area contributed by atoms with Gasteiger partial charge in [0, 0.05) is 25.7 Å². The normalized spacial score (nSPS) is 11.9. The molecule has 0 spiro atoms. The van der Waals surface area contributed by atoms with Crippen LogP contribution in [-0.4, -0.2) is 19.3 Å². The van der Waals surface area contributed by atoms with Crippen molar-refractivity contribution in [2.75, 3.05) is 13.2 Å². The van der Waals surface area contributed by atoms with Crippen LogP contribution in [-0.2, 0) is 4.74 Å². The van der Waals surface area contributed by atoms with E-state index in [2.05, 4.69) is 18.8 Å². The summed E-state index contributed by atoms with van der Waals surface area (Å²) in [5.74, 6) is 5.87. The molecule has 0 fully saturated rings. The molecule has 0 aromatic carbocycles. The van der Waals surface area contributed by atoms with Gasteiger partial charge in [0.25, 0.3) is 0 Å². The molecule has 0 aliphatic heterocycles. The predicted octanol–water partition coefficient (Wildman–Crippen LogP) is 1.93. The maximum atomic E-state index is 5.85. The Kier molecular flexibility index (Phi) is 9.18. The molecule has 2 nitrogen and oxygen atoms in total. The molecular formula is C11H21NO. The molecule has 0 bridgehead atoms. The zero-order valence-corrected chi connectivity index (χ0v) is 8.81. The molecule has 0 saturated heterocycles.